The molecule has 2 amide bonds. The molecule has 3 aromatic rings. The first-order valence-electron chi connectivity index (χ1n) is 8.58. The molecule has 0 fully saturated rings. The van der Waals surface area contributed by atoms with Crippen LogP contribution in [-0.4, -0.2) is 27.9 Å². The molecule has 7 heteroatoms. The van der Waals surface area contributed by atoms with Gasteiger partial charge >= 0.3 is 6.03 Å². The first-order valence-corrected chi connectivity index (χ1v) is 9.57. The van der Waals surface area contributed by atoms with E-state index < -0.39 is 6.04 Å². The van der Waals surface area contributed by atoms with Crippen molar-refractivity contribution in [1.82, 2.24) is 20.2 Å². The summed E-state index contributed by atoms with van der Waals surface area (Å²) < 4.78 is 15.1. The SMILES string of the molecule is Cn1ccnc1[C@H](NC(=O)NCCSc1ccccc1)c1ccc(F)cc1. The van der Waals surface area contributed by atoms with Crippen molar-refractivity contribution in [3.05, 3.63) is 84.2 Å². The minimum absolute atomic E-state index is 0.291. The van der Waals surface area contributed by atoms with Crippen LogP contribution < -0.4 is 10.6 Å². The number of aromatic nitrogens is 2. The zero-order chi connectivity index (χ0) is 19.1. The second-order valence-corrected chi connectivity index (χ2v) is 7.11. The van der Waals surface area contributed by atoms with Crippen molar-refractivity contribution in [3.63, 3.8) is 0 Å². The Labute approximate surface area is 162 Å². The fourth-order valence-electron chi connectivity index (χ4n) is 2.64. The number of nitrogens with one attached hydrogen (secondary N) is 2. The van der Waals surface area contributed by atoms with Crippen molar-refractivity contribution in [2.45, 2.75) is 10.9 Å². The summed E-state index contributed by atoms with van der Waals surface area (Å²) in [5.41, 5.74) is 0.763. The smallest absolute Gasteiger partial charge is 0.315 e. The molecular weight excluding hydrogens is 363 g/mol. The maximum atomic E-state index is 13.3. The zero-order valence-corrected chi connectivity index (χ0v) is 15.7. The number of hydrogen-bond donors (Lipinski definition) is 2. The first-order chi connectivity index (χ1) is 13.1. The number of benzene rings is 2. The van der Waals surface area contributed by atoms with Gasteiger partial charge in [0.05, 0.1) is 0 Å². The van der Waals surface area contributed by atoms with Crippen LogP contribution >= 0.6 is 11.8 Å². The van der Waals surface area contributed by atoms with Gasteiger partial charge in [0, 0.05) is 36.6 Å². The molecule has 1 aromatic heterocycles. The molecule has 3 rings (SSSR count). The molecule has 0 saturated heterocycles. The number of aryl methyl sites for hydroxylation is 1. The lowest BCUT2D eigenvalue weighted by atomic mass is 10.1. The van der Waals surface area contributed by atoms with E-state index in [1.807, 2.05) is 48.1 Å². The summed E-state index contributed by atoms with van der Waals surface area (Å²) in [7, 11) is 1.86. The number of imidazole rings is 1. The number of halogens is 1. The summed E-state index contributed by atoms with van der Waals surface area (Å²) in [6, 6.07) is 15.3. The summed E-state index contributed by atoms with van der Waals surface area (Å²) in [5.74, 6) is 1.12. The molecule has 0 aliphatic carbocycles. The molecule has 0 bridgehead atoms. The van der Waals surface area contributed by atoms with E-state index in [9.17, 15) is 9.18 Å². The summed E-state index contributed by atoms with van der Waals surface area (Å²) in [4.78, 5) is 17.9. The number of hydrogen-bond acceptors (Lipinski definition) is 3. The molecule has 1 heterocycles. The Kier molecular flexibility index (Phi) is 6.49. The highest BCUT2D eigenvalue weighted by Gasteiger charge is 2.20. The standard InChI is InChI=1S/C20H21FN4OS/c1-25-13-11-22-19(25)18(15-7-9-16(21)10-8-15)24-20(26)23-12-14-27-17-5-3-2-4-6-17/h2-11,13,18H,12,14H2,1H3,(H2,23,24,26)/t18-/m1/s1. The lowest BCUT2D eigenvalue weighted by molar-refractivity contribution is 0.238. The van der Waals surface area contributed by atoms with E-state index in [1.165, 1.54) is 12.1 Å². The highest BCUT2D eigenvalue weighted by Crippen LogP contribution is 2.21. The van der Waals surface area contributed by atoms with Gasteiger partial charge in [0.1, 0.15) is 17.7 Å². The zero-order valence-electron chi connectivity index (χ0n) is 14.9. The second-order valence-electron chi connectivity index (χ2n) is 5.94. The van der Waals surface area contributed by atoms with Crippen LogP contribution in [0.15, 0.2) is 71.9 Å². The van der Waals surface area contributed by atoms with Crippen molar-refractivity contribution in [2.24, 2.45) is 7.05 Å². The molecule has 27 heavy (non-hydrogen) atoms. The van der Waals surface area contributed by atoms with E-state index in [1.54, 1.807) is 30.1 Å². The van der Waals surface area contributed by atoms with Gasteiger partial charge in [0.15, 0.2) is 0 Å². The van der Waals surface area contributed by atoms with Gasteiger partial charge in [-0.15, -0.1) is 11.8 Å². The van der Waals surface area contributed by atoms with Crippen LogP contribution in [0.3, 0.4) is 0 Å². The van der Waals surface area contributed by atoms with Crippen LogP contribution in [0.5, 0.6) is 0 Å². The highest BCUT2D eigenvalue weighted by molar-refractivity contribution is 7.99. The van der Waals surface area contributed by atoms with Crippen molar-refractivity contribution in [3.8, 4) is 0 Å². The largest absolute Gasteiger partial charge is 0.337 e. The monoisotopic (exact) mass is 384 g/mol. The number of thioether (sulfide) groups is 1. The fraction of sp³-hybridized carbons (Fsp3) is 0.200. The number of rotatable bonds is 7. The van der Waals surface area contributed by atoms with Gasteiger partial charge in [-0.2, -0.15) is 0 Å². The molecule has 1 atom stereocenters. The maximum Gasteiger partial charge on any atom is 0.315 e. The maximum absolute atomic E-state index is 13.3. The van der Waals surface area contributed by atoms with E-state index in [0.29, 0.717) is 12.4 Å². The van der Waals surface area contributed by atoms with Gasteiger partial charge in [-0.1, -0.05) is 30.3 Å². The van der Waals surface area contributed by atoms with Crippen LogP contribution in [0.4, 0.5) is 9.18 Å². The molecule has 0 radical (unpaired) electrons. The van der Waals surface area contributed by atoms with E-state index in [2.05, 4.69) is 15.6 Å². The van der Waals surface area contributed by atoms with Crippen molar-refractivity contribution >= 4 is 17.8 Å². The Morgan fingerprint density at radius 1 is 1.19 bits per heavy atom. The summed E-state index contributed by atoms with van der Waals surface area (Å²) in [6.45, 7) is 0.530. The molecular formula is C20H21FN4OS. The molecule has 0 aliphatic rings. The predicted molar refractivity (Wildman–Crippen MR) is 105 cm³/mol. The fourth-order valence-corrected chi connectivity index (χ4v) is 3.43. The van der Waals surface area contributed by atoms with E-state index in [-0.39, 0.29) is 11.8 Å². The van der Waals surface area contributed by atoms with Gasteiger partial charge in [-0.3, -0.25) is 0 Å². The van der Waals surface area contributed by atoms with Crippen LogP contribution in [0.25, 0.3) is 0 Å². The Bertz CT molecular complexity index is 867. The van der Waals surface area contributed by atoms with Crippen molar-refractivity contribution in [1.29, 1.82) is 0 Å². The molecule has 140 valence electrons. The average molecular weight is 384 g/mol. The van der Waals surface area contributed by atoms with Gasteiger partial charge in [-0.05, 0) is 29.8 Å². The van der Waals surface area contributed by atoms with Crippen molar-refractivity contribution < 1.29 is 9.18 Å². The Balaban J connectivity index is 1.59. The molecule has 0 spiro atoms. The minimum atomic E-state index is -0.465. The molecule has 2 aromatic carbocycles. The van der Waals surface area contributed by atoms with Gasteiger partial charge in [-0.25, -0.2) is 14.2 Å². The third-order valence-electron chi connectivity index (χ3n) is 3.99. The van der Waals surface area contributed by atoms with E-state index in [4.69, 9.17) is 0 Å². The summed E-state index contributed by atoms with van der Waals surface area (Å²) in [5, 5.41) is 5.79. The average Bonchev–Trinajstić information content (AvgIpc) is 3.11. The van der Waals surface area contributed by atoms with Crippen LogP contribution in [-0.2, 0) is 7.05 Å². The van der Waals surface area contributed by atoms with Gasteiger partial charge in [0.25, 0.3) is 0 Å². The third-order valence-corrected chi connectivity index (χ3v) is 5.01. The molecule has 2 N–H and O–H groups in total. The lowest BCUT2D eigenvalue weighted by Crippen LogP contribution is -2.40. The molecule has 5 nitrogen and oxygen atoms in total. The number of amides is 2. The predicted octanol–water partition coefficient (Wildman–Crippen LogP) is 3.74. The highest BCUT2D eigenvalue weighted by atomic mass is 32.2. The summed E-state index contributed by atoms with van der Waals surface area (Å²) >= 11 is 1.68. The van der Waals surface area contributed by atoms with Crippen LogP contribution in [0.1, 0.15) is 17.4 Å². The Morgan fingerprint density at radius 3 is 2.59 bits per heavy atom. The van der Waals surface area contributed by atoms with E-state index >= 15 is 0 Å². The number of carbonyl (C=O) groups is 1. The second kappa shape index (κ2) is 9.23. The molecule has 0 unspecified atom stereocenters. The van der Waals surface area contributed by atoms with Crippen molar-refractivity contribution in [2.75, 3.05) is 12.3 Å². The normalized spacial score (nSPS) is 11.8. The van der Waals surface area contributed by atoms with Crippen LogP contribution in [0, 0.1) is 5.82 Å². The quantitative estimate of drug-likeness (QED) is 0.482. The van der Waals surface area contributed by atoms with Gasteiger partial charge < -0.3 is 15.2 Å². The van der Waals surface area contributed by atoms with Crippen LogP contribution in [0.2, 0.25) is 0 Å². The van der Waals surface area contributed by atoms with E-state index in [0.717, 1.165) is 16.2 Å². The topological polar surface area (TPSA) is 59.0 Å². The summed E-state index contributed by atoms with van der Waals surface area (Å²) in [6.07, 6.45) is 3.48. The minimum Gasteiger partial charge on any atom is -0.337 e. The molecule has 0 aliphatic heterocycles. The molecule has 0 saturated carbocycles. The number of nitrogens with zero attached hydrogens (tertiary/aromatic N) is 2. The number of urea groups is 1. The first kappa shape index (κ1) is 19.0. The lowest BCUT2D eigenvalue weighted by Gasteiger charge is -2.19. The Morgan fingerprint density at radius 2 is 1.93 bits per heavy atom. The Hall–Kier alpha value is -2.80. The third kappa shape index (κ3) is 5.34. The number of carbonyl (C=O) groups excluding carboxylic acids is 1. The van der Waals surface area contributed by atoms with Gasteiger partial charge in [0.2, 0.25) is 0 Å².